The van der Waals surface area contributed by atoms with Gasteiger partial charge in [-0.2, -0.15) is 0 Å². The number of rotatable bonds is 4. The van der Waals surface area contributed by atoms with Crippen molar-refractivity contribution < 1.29 is 14.3 Å². The minimum atomic E-state index is -1.03. The largest absolute Gasteiger partial charge is 0.387 e. The number of aliphatic hydroxyl groups is 1. The second kappa shape index (κ2) is 6.70. The highest BCUT2D eigenvalue weighted by molar-refractivity contribution is 5.96. The molecule has 6 heteroatoms. The highest BCUT2D eigenvalue weighted by Crippen LogP contribution is 2.35. The van der Waals surface area contributed by atoms with Crippen LogP contribution < -0.4 is 5.32 Å². The van der Waals surface area contributed by atoms with Crippen molar-refractivity contribution >= 4 is 22.5 Å². The van der Waals surface area contributed by atoms with Gasteiger partial charge < -0.3 is 10.4 Å². The van der Waals surface area contributed by atoms with Gasteiger partial charge in [0.15, 0.2) is 0 Å². The molecule has 0 bridgehead atoms. The van der Waals surface area contributed by atoms with Crippen LogP contribution in [0.4, 0.5) is 10.2 Å². The molecule has 3 aromatic rings. The van der Waals surface area contributed by atoms with E-state index in [0.29, 0.717) is 17.9 Å². The zero-order valence-electron chi connectivity index (χ0n) is 15.1. The number of halogens is 1. The van der Waals surface area contributed by atoms with Crippen molar-refractivity contribution in [3.05, 3.63) is 54.0 Å². The maximum Gasteiger partial charge on any atom is 0.231 e. The maximum absolute atomic E-state index is 13.0. The molecule has 0 radical (unpaired) electrons. The molecule has 1 aliphatic carbocycles. The first-order valence-corrected chi connectivity index (χ1v) is 8.92. The van der Waals surface area contributed by atoms with Gasteiger partial charge in [0.1, 0.15) is 12.0 Å². The Bertz CT molecular complexity index is 1040. The van der Waals surface area contributed by atoms with Crippen LogP contribution in [0.15, 0.2) is 42.7 Å². The van der Waals surface area contributed by atoms with Crippen molar-refractivity contribution in [3.63, 3.8) is 0 Å². The fourth-order valence-corrected chi connectivity index (χ4v) is 3.29. The Balaban J connectivity index is 1.68. The summed E-state index contributed by atoms with van der Waals surface area (Å²) in [5, 5.41) is 14.5. The number of nitrogens with one attached hydrogen (secondary N) is 1. The molecule has 1 aromatic carbocycles. The molecular weight excluding hydrogens is 345 g/mol. The molecule has 138 valence electrons. The first-order valence-electron chi connectivity index (χ1n) is 8.92. The van der Waals surface area contributed by atoms with Crippen LogP contribution in [0, 0.1) is 12.8 Å². The van der Waals surface area contributed by atoms with E-state index in [1.165, 1.54) is 0 Å². The minimum absolute atomic E-state index is 0.291. The van der Waals surface area contributed by atoms with E-state index in [-0.39, 0.29) is 5.91 Å². The van der Waals surface area contributed by atoms with Gasteiger partial charge in [-0.25, -0.2) is 9.37 Å². The predicted molar refractivity (Wildman–Crippen MR) is 102 cm³/mol. The maximum atomic E-state index is 13.0. The number of alkyl halides is 1. The molecule has 5 nitrogen and oxygen atoms in total. The van der Waals surface area contributed by atoms with E-state index < -0.39 is 18.2 Å². The molecule has 2 aromatic heterocycles. The molecule has 2 heterocycles. The quantitative estimate of drug-likeness (QED) is 0.734. The van der Waals surface area contributed by atoms with Crippen LogP contribution in [0.3, 0.4) is 0 Å². The first kappa shape index (κ1) is 17.5. The van der Waals surface area contributed by atoms with E-state index in [0.717, 1.165) is 27.5 Å². The lowest BCUT2D eigenvalue weighted by molar-refractivity contribution is -0.117. The number of amides is 1. The molecular formula is C21H20FN3O2. The van der Waals surface area contributed by atoms with E-state index in [1.807, 2.05) is 31.2 Å². The number of aliphatic hydroxyl groups excluding tert-OH is 1. The topological polar surface area (TPSA) is 75.1 Å². The average Bonchev–Trinajstić information content (AvgIpc) is 3.38. The smallest absolute Gasteiger partial charge is 0.231 e. The summed E-state index contributed by atoms with van der Waals surface area (Å²) in [5.74, 6) is -0.447. The van der Waals surface area contributed by atoms with Crippen LogP contribution in [0.1, 0.15) is 30.7 Å². The number of benzene rings is 1. The van der Waals surface area contributed by atoms with Crippen molar-refractivity contribution in [2.45, 2.75) is 32.5 Å². The third-order valence-electron chi connectivity index (χ3n) is 4.90. The molecule has 0 aliphatic heterocycles. The van der Waals surface area contributed by atoms with Crippen LogP contribution in [0.2, 0.25) is 0 Å². The summed E-state index contributed by atoms with van der Waals surface area (Å²) in [7, 11) is 0. The SMILES string of the molecule is Cc1ccnc([C@@H](C)O)c1-c1ccc2cc(NC(=O)C3CC3F)ncc2c1. The van der Waals surface area contributed by atoms with E-state index >= 15 is 0 Å². The Hall–Kier alpha value is -2.86. The number of carbonyl (C=O) groups excluding carboxylic acids is 1. The molecule has 1 aliphatic rings. The third-order valence-corrected chi connectivity index (χ3v) is 4.90. The highest BCUT2D eigenvalue weighted by Gasteiger charge is 2.43. The van der Waals surface area contributed by atoms with E-state index in [4.69, 9.17) is 0 Å². The number of hydrogen-bond donors (Lipinski definition) is 2. The Labute approximate surface area is 156 Å². The van der Waals surface area contributed by atoms with Gasteiger partial charge in [-0.05, 0) is 55.0 Å². The Morgan fingerprint density at radius 1 is 1.26 bits per heavy atom. The third kappa shape index (κ3) is 3.40. The summed E-state index contributed by atoms with van der Waals surface area (Å²) in [6.07, 6.45) is 1.97. The van der Waals surface area contributed by atoms with Crippen LogP contribution >= 0.6 is 0 Å². The monoisotopic (exact) mass is 365 g/mol. The number of fused-ring (bicyclic) bond motifs is 1. The molecule has 27 heavy (non-hydrogen) atoms. The molecule has 1 amide bonds. The van der Waals surface area contributed by atoms with Gasteiger partial charge >= 0.3 is 0 Å². The van der Waals surface area contributed by atoms with Gasteiger partial charge in [-0.3, -0.25) is 9.78 Å². The number of aryl methyl sites for hydroxylation is 1. The van der Waals surface area contributed by atoms with Gasteiger partial charge in [0.25, 0.3) is 0 Å². The van der Waals surface area contributed by atoms with Gasteiger partial charge in [-0.1, -0.05) is 12.1 Å². The fourth-order valence-electron chi connectivity index (χ4n) is 3.29. The number of aromatic nitrogens is 2. The number of pyridine rings is 2. The molecule has 2 N–H and O–H groups in total. The molecule has 1 fully saturated rings. The van der Waals surface area contributed by atoms with E-state index in [9.17, 15) is 14.3 Å². The molecule has 0 spiro atoms. The summed E-state index contributed by atoms with van der Waals surface area (Å²) < 4.78 is 13.0. The van der Waals surface area contributed by atoms with Gasteiger partial charge in [-0.15, -0.1) is 0 Å². The number of hydrogen-bond acceptors (Lipinski definition) is 4. The number of anilines is 1. The molecule has 1 saturated carbocycles. The lowest BCUT2D eigenvalue weighted by atomic mass is 9.95. The van der Waals surface area contributed by atoms with Crippen molar-refractivity contribution in [1.29, 1.82) is 0 Å². The van der Waals surface area contributed by atoms with Crippen molar-refractivity contribution in [2.24, 2.45) is 5.92 Å². The zero-order valence-corrected chi connectivity index (χ0v) is 15.1. The van der Waals surface area contributed by atoms with Crippen molar-refractivity contribution in [2.75, 3.05) is 5.32 Å². The average molecular weight is 365 g/mol. The molecule has 3 atom stereocenters. The van der Waals surface area contributed by atoms with Crippen LogP contribution in [0.5, 0.6) is 0 Å². The van der Waals surface area contributed by atoms with Crippen LogP contribution in [-0.2, 0) is 4.79 Å². The molecule has 2 unspecified atom stereocenters. The van der Waals surface area contributed by atoms with E-state index in [2.05, 4.69) is 15.3 Å². The standard InChI is InChI=1S/C21H20FN3O2/c1-11-5-6-23-20(12(2)26)19(11)14-4-3-13-8-18(24-10-15(13)7-14)25-21(27)16-9-17(16)22/h3-8,10,12,16-17,26H,9H2,1-2H3,(H,24,25,27)/t12-,16?,17?/m1/s1. The summed E-state index contributed by atoms with van der Waals surface area (Å²) >= 11 is 0. The van der Waals surface area contributed by atoms with E-state index in [1.54, 1.807) is 25.4 Å². The molecule has 4 rings (SSSR count). The second-order valence-electron chi connectivity index (χ2n) is 7.04. The van der Waals surface area contributed by atoms with Crippen molar-refractivity contribution in [3.8, 4) is 11.1 Å². The highest BCUT2D eigenvalue weighted by atomic mass is 19.1. The summed E-state index contributed by atoms with van der Waals surface area (Å²) in [6, 6.07) is 9.58. The molecule has 0 saturated heterocycles. The minimum Gasteiger partial charge on any atom is -0.387 e. The van der Waals surface area contributed by atoms with Gasteiger partial charge in [0, 0.05) is 23.3 Å². The Kier molecular flexibility index (Phi) is 4.36. The summed E-state index contributed by atoms with van der Waals surface area (Å²) in [5.41, 5.74) is 3.52. The fraction of sp³-hybridized carbons (Fsp3) is 0.286. The second-order valence-corrected chi connectivity index (χ2v) is 7.04. The van der Waals surface area contributed by atoms with Crippen molar-refractivity contribution in [1.82, 2.24) is 9.97 Å². The first-order chi connectivity index (χ1) is 12.9. The van der Waals surface area contributed by atoms with Gasteiger partial charge in [0.05, 0.1) is 17.7 Å². The van der Waals surface area contributed by atoms with Crippen LogP contribution in [-0.4, -0.2) is 27.2 Å². The normalized spacial score (nSPS) is 19.7. The Morgan fingerprint density at radius 2 is 2.04 bits per heavy atom. The number of nitrogens with zero attached hydrogens (tertiary/aromatic N) is 2. The predicted octanol–water partition coefficient (Wildman–Crippen LogP) is 3.96. The Morgan fingerprint density at radius 3 is 2.74 bits per heavy atom. The summed E-state index contributed by atoms with van der Waals surface area (Å²) in [6.45, 7) is 3.69. The lowest BCUT2D eigenvalue weighted by Crippen LogP contribution is -2.15. The van der Waals surface area contributed by atoms with Crippen LogP contribution in [0.25, 0.3) is 21.9 Å². The van der Waals surface area contributed by atoms with Gasteiger partial charge in [0.2, 0.25) is 5.91 Å². The zero-order chi connectivity index (χ0) is 19.1. The lowest BCUT2D eigenvalue weighted by Gasteiger charge is -2.14. The summed E-state index contributed by atoms with van der Waals surface area (Å²) in [4.78, 5) is 20.5. The number of carbonyl (C=O) groups is 1.